The molecule has 0 spiro atoms. The van der Waals surface area contributed by atoms with Crippen LogP contribution in [0.2, 0.25) is 0 Å². The second kappa shape index (κ2) is 7.49. The summed E-state index contributed by atoms with van der Waals surface area (Å²) in [5.74, 6) is 0.873. The van der Waals surface area contributed by atoms with Gasteiger partial charge in [0.1, 0.15) is 5.75 Å². The van der Waals surface area contributed by atoms with Crippen LogP contribution in [-0.2, 0) is 0 Å². The number of carbonyl (C=O) groups excluding carboxylic acids is 1. The molecule has 1 aromatic carbocycles. The molecule has 0 bridgehead atoms. The third-order valence-electron chi connectivity index (χ3n) is 4.25. The highest BCUT2D eigenvalue weighted by atomic mass is 16.5. The zero-order chi connectivity index (χ0) is 16.1. The van der Waals surface area contributed by atoms with Gasteiger partial charge in [-0.3, -0.25) is 4.79 Å². The van der Waals surface area contributed by atoms with Crippen molar-refractivity contribution in [2.24, 2.45) is 0 Å². The van der Waals surface area contributed by atoms with Gasteiger partial charge in [0, 0.05) is 37.8 Å². The Kier molecular flexibility index (Phi) is 5.66. The average molecular weight is 305 g/mol. The van der Waals surface area contributed by atoms with E-state index in [2.05, 4.69) is 31.1 Å². The van der Waals surface area contributed by atoms with Crippen LogP contribution in [0.4, 0.5) is 5.69 Å². The van der Waals surface area contributed by atoms with Gasteiger partial charge in [0.15, 0.2) is 0 Å². The van der Waals surface area contributed by atoms with E-state index in [0.717, 1.165) is 49.6 Å². The molecule has 1 fully saturated rings. The van der Waals surface area contributed by atoms with Gasteiger partial charge in [0.2, 0.25) is 0 Å². The lowest BCUT2D eigenvalue weighted by Crippen LogP contribution is -2.47. The number of benzene rings is 1. The molecule has 1 saturated heterocycles. The fourth-order valence-corrected chi connectivity index (χ4v) is 2.51. The summed E-state index contributed by atoms with van der Waals surface area (Å²) in [6, 6.07) is 5.96. The summed E-state index contributed by atoms with van der Waals surface area (Å²) in [6.45, 7) is 7.68. The van der Waals surface area contributed by atoms with Crippen LogP contribution in [0.5, 0.6) is 5.75 Å². The maximum absolute atomic E-state index is 12.7. The Balaban J connectivity index is 2.16. The van der Waals surface area contributed by atoms with Crippen molar-refractivity contribution in [1.82, 2.24) is 9.80 Å². The van der Waals surface area contributed by atoms with E-state index in [-0.39, 0.29) is 5.91 Å². The van der Waals surface area contributed by atoms with Crippen LogP contribution in [0.15, 0.2) is 18.2 Å². The van der Waals surface area contributed by atoms with Crippen molar-refractivity contribution >= 4 is 11.6 Å². The first-order chi connectivity index (χ1) is 10.5. The number of carbonyl (C=O) groups is 1. The number of nitrogens with one attached hydrogen (secondary N) is 1. The quantitative estimate of drug-likeness (QED) is 0.906. The van der Waals surface area contributed by atoms with Crippen LogP contribution in [-0.4, -0.2) is 62.1 Å². The van der Waals surface area contributed by atoms with E-state index >= 15 is 0 Å². The van der Waals surface area contributed by atoms with Crippen molar-refractivity contribution in [2.75, 3.05) is 45.7 Å². The third kappa shape index (κ3) is 3.91. The molecule has 2 rings (SSSR count). The van der Waals surface area contributed by atoms with Crippen LogP contribution < -0.4 is 10.1 Å². The molecule has 0 radical (unpaired) electrons. The molecule has 122 valence electrons. The van der Waals surface area contributed by atoms with E-state index in [1.54, 1.807) is 7.11 Å². The molecule has 22 heavy (non-hydrogen) atoms. The fraction of sp³-hybridized carbons (Fsp3) is 0.588. The molecule has 1 aromatic rings. The second-order valence-electron chi connectivity index (χ2n) is 5.96. The SMILES string of the molecule is CC[C@@H](C)Nc1cc(C(=O)N2CCN(C)CC2)ccc1OC. The Morgan fingerprint density at radius 2 is 2.00 bits per heavy atom. The molecule has 0 aromatic heterocycles. The zero-order valence-electron chi connectivity index (χ0n) is 14.1. The zero-order valence-corrected chi connectivity index (χ0v) is 14.1. The number of likely N-dealkylation sites (N-methyl/N-ethyl adjacent to an activating group) is 1. The number of ether oxygens (including phenoxy) is 1. The van der Waals surface area contributed by atoms with Crippen molar-refractivity contribution in [2.45, 2.75) is 26.3 Å². The average Bonchev–Trinajstić information content (AvgIpc) is 2.54. The maximum Gasteiger partial charge on any atom is 0.254 e. The maximum atomic E-state index is 12.7. The molecule has 1 aliphatic heterocycles. The molecule has 1 aliphatic rings. The van der Waals surface area contributed by atoms with Crippen LogP contribution in [0.25, 0.3) is 0 Å². The van der Waals surface area contributed by atoms with Crippen molar-refractivity contribution in [3.8, 4) is 5.75 Å². The summed E-state index contributed by atoms with van der Waals surface area (Å²) in [7, 11) is 3.74. The first kappa shape index (κ1) is 16.6. The summed E-state index contributed by atoms with van der Waals surface area (Å²) in [5, 5.41) is 3.41. The molecule has 0 aliphatic carbocycles. The number of hydrogen-bond donors (Lipinski definition) is 1. The van der Waals surface area contributed by atoms with E-state index < -0.39 is 0 Å². The monoisotopic (exact) mass is 305 g/mol. The molecule has 1 atom stereocenters. The molecule has 0 unspecified atom stereocenters. The normalized spacial score (nSPS) is 17.2. The van der Waals surface area contributed by atoms with Crippen LogP contribution in [0, 0.1) is 0 Å². The highest BCUT2D eigenvalue weighted by molar-refractivity contribution is 5.95. The topological polar surface area (TPSA) is 44.8 Å². The smallest absolute Gasteiger partial charge is 0.254 e. The summed E-state index contributed by atoms with van der Waals surface area (Å²) in [4.78, 5) is 16.8. The van der Waals surface area contributed by atoms with E-state index in [0.29, 0.717) is 6.04 Å². The van der Waals surface area contributed by atoms with Gasteiger partial charge in [-0.25, -0.2) is 0 Å². The van der Waals surface area contributed by atoms with Gasteiger partial charge in [-0.15, -0.1) is 0 Å². The minimum Gasteiger partial charge on any atom is -0.495 e. The van der Waals surface area contributed by atoms with Crippen molar-refractivity contribution in [3.63, 3.8) is 0 Å². The van der Waals surface area contributed by atoms with Gasteiger partial charge >= 0.3 is 0 Å². The molecular formula is C17H27N3O2. The number of anilines is 1. The van der Waals surface area contributed by atoms with Gasteiger partial charge in [-0.05, 0) is 38.6 Å². The van der Waals surface area contributed by atoms with E-state index in [4.69, 9.17) is 4.74 Å². The number of amides is 1. The Hall–Kier alpha value is -1.75. The van der Waals surface area contributed by atoms with Gasteiger partial charge in [-0.2, -0.15) is 0 Å². The van der Waals surface area contributed by atoms with Gasteiger partial charge in [-0.1, -0.05) is 6.92 Å². The highest BCUT2D eigenvalue weighted by Gasteiger charge is 2.21. The fourth-order valence-electron chi connectivity index (χ4n) is 2.51. The molecule has 5 nitrogen and oxygen atoms in total. The number of hydrogen-bond acceptors (Lipinski definition) is 4. The first-order valence-corrected chi connectivity index (χ1v) is 7.97. The van der Waals surface area contributed by atoms with Crippen LogP contribution in [0.1, 0.15) is 30.6 Å². The molecule has 0 saturated carbocycles. The van der Waals surface area contributed by atoms with Gasteiger partial charge in [0.25, 0.3) is 5.91 Å². The summed E-state index contributed by atoms with van der Waals surface area (Å²) in [6.07, 6.45) is 1.01. The van der Waals surface area contributed by atoms with Crippen molar-refractivity contribution in [1.29, 1.82) is 0 Å². The lowest BCUT2D eigenvalue weighted by atomic mass is 10.1. The van der Waals surface area contributed by atoms with Crippen molar-refractivity contribution in [3.05, 3.63) is 23.8 Å². The van der Waals surface area contributed by atoms with E-state index in [1.807, 2.05) is 23.1 Å². The predicted octanol–water partition coefficient (Wildman–Crippen LogP) is 2.29. The number of piperazine rings is 1. The number of rotatable bonds is 5. The molecular weight excluding hydrogens is 278 g/mol. The van der Waals surface area contributed by atoms with Crippen LogP contribution in [0.3, 0.4) is 0 Å². The first-order valence-electron chi connectivity index (χ1n) is 7.97. The Morgan fingerprint density at radius 1 is 1.32 bits per heavy atom. The van der Waals surface area contributed by atoms with Gasteiger partial charge in [0.05, 0.1) is 12.8 Å². The Morgan fingerprint density at radius 3 is 2.59 bits per heavy atom. The minimum atomic E-state index is 0.1000. The summed E-state index contributed by atoms with van der Waals surface area (Å²) < 4.78 is 5.39. The molecule has 1 heterocycles. The lowest BCUT2D eigenvalue weighted by Gasteiger charge is -2.32. The van der Waals surface area contributed by atoms with E-state index in [1.165, 1.54) is 0 Å². The second-order valence-corrected chi connectivity index (χ2v) is 5.96. The Labute approximate surface area is 133 Å². The number of methoxy groups -OCH3 is 1. The highest BCUT2D eigenvalue weighted by Crippen LogP contribution is 2.27. The van der Waals surface area contributed by atoms with Crippen molar-refractivity contribution < 1.29 is 9.53 Å². The third-order valence-corrected chi connectivity index (χ3v) is 4.25. The molecule has 1 N–H and O–H groups in total. The van der Waals surface area contributed by atoms with Gasteiger partial charge < -0.3 is 19.9 Å². The lowest BCUT2D eigenvalue weighted by molar-refractivity contribution is 0.0664. The minimum absolute atomic E-state index is 0.1000. The standard InChI is InChI=1S/C17H27N3O2/c1-5-13(2)18-15-12-14(6-7-16(15)22-4)17(21)20-10-8-19(3)9-11-20/h6-7,12-13,18H,5,8-11H2,1-4H3/t13-/m1/s1. The number of nitrogens with zero attached hydrogens (tertiary/aromatic N) is 2. The predicted molar refractivity (Wildman–Crippen MR) is 89.8 cm³/mol. The largest absolute Gasteiger partial charge is 0.495 e. The Bertz CT molecular complexity index is 511. The summed E-state index contributed by atoms with van der Waals surface area (Å²) in [5.41, 5.74) is 1.60. The van der Waals surface area contributed by atoms with Crippen LogP contribution >= 0.6 is 0 Å². The van der Waals surface area contributed by atoms with E-state index in [9.17, 15) is 4.79 Å². The summed E-state index contributed by atoms with van der Waals surface area (Å²) >= 11 is 0. The molecule has 5 heteroatoms. The molecule has 1 amide bonds.